The number of aromatic hydroxyl groups is 1. The molecule has 1 aliphatic rings. The van der Waals surface area contributed by atoms with Gasteiger partial charge in [-0.05, 0) is 36.2 Å². The first-order valence-electron chi connectivity index (χ1n) is 11.1. The van der Waals surface area contributed by atoms with Crippen molar-refractivity contribution in [1.82, 2.24) is 4.73 Å². The average molecular weight is 444 g/mol. The molecule has 174 valence electrons. The first-order chi connectivity index (χ1) is 15.2. The van der Waals surface area contributed by atoms with Gasteiger partial charge in [0, 0.05) is 12.5 Å². The number of aromatic nitrogens is 1. The molecule has 1 aromatic heterocycles. The van der Waals surface area contributed by atoms with E-state index >= 15 is 0 Å². The predicted octanol–water partition coefficient (Wildman–Crippen LogP) is 3.97. The topological polar surface area (TPSA) is 87.0 Å². The first kappa shape index (κ1) is 23.9. The minimum Gasteiger partial charge on any atom is -0.507 e. The molecule has 5 atom stereocenters. The van der Waals surface area contributed by atoms with Gasteiger partial charge < -0.3 is 19.4 Å². The fourth-order valence-electron chi connectivity index (χ4n) is 4.71. The highest BCUT2D eigenvalue weighted by atomic mass is 16.6. The summed E-state index contributed by atoms with van der Waals surface area (Å²) in [7, 11) is 1.42. The van der Waals surface area contributed by atoms with Crippen molar-refractivity contribution in [3.8, 4) is 16.9 Å². The van der Waals surface area contributed by atoms with Gasteiger partial charge in [-0.1, -0.05) is 51.1 Å². The normalized spacial score (nSPS) is 24.0. The third kappa shape index (κ3) is 4.99. The van der Waals surface area contributed by atoms with Crippen LogP contribution in [0.1, 0.15) is 52.2 Å². The Morgan fingerprint density at radius 3 is 2.56 bits per heavy atom. The lowest BCUT2D eigenvalue weighted by atomic mass is 9.79. The molecular weight excluding hydrogens is 410 g/mol. The highest BCUT2D eigenvalue weighted by Crippen LogP contribution is 2.44. The van der Waals surface area contributed by atoms with Crippen LogP contribution in [-0.2, 0) is 14.3 Å². The third-order valence-corrected chi connectivity index (χ3v) is 6.32. The Morgan fingerprint density at radius 1 is 1.25 bits per heavy atom. The number of carbonyl (C=O) groups excluding carboxylic acids is 1. The minimum atomic E-state index is -0.579. The van der Waals surface area contributed by atoms with Crippen LogP contribution in [0, 0.1) is 17.8 Å². The van der Waals surface area contributed by atoms with E-state index in [1.807, 2.05) is 37.3 Å². The lowest BCUT2D eigenvalue weighted by Gasteiger charge is -2.42. The van der Waals surface area contributed by atoms with E-state index in [4.69, 9.17) is 14.3 Å². The van der Waals surface area contributed by atoms with Gasteiger partial charge in [-0.3, -0.25) is 9.59 Å². The van der Waals surface area contributed by atoms with Gasteiger partial charge in [0.25, 0.3) is 5.56 Å². The summed E-state index contributed by atoms with van der Waals surface area (Å²) in [6.07, 6.45) is 2.29. The fourth-order valence-corrected chi connectivity index (χ4v) is 4.71. The molecule has 0 spiro atoms. The minimum absolute atomic E-state index is 0.0249. The summed E-state index contributed by atoms with van der Waals surface area (Å²) in [6, 6.07) is 9.38. The Kier molecular flexibility index (Phi) is 7.61. The molecule has 2 heterocycles. The molecule has 0 amide bonds. The Balaban J connectivity index is 1.98. The Morgan fingerprint density at radius 2 is 1.94 bits per heavy atom. The zero-order valence-corrected chi connectivity index (χ0v) is 19.4. The van der Waals surface area contributed by atoms with Crippen molar-refractivity contribution in [3.05, 3.63) is 52.4 Å². The van der Waals surface area contributed by atoms with E-state index in [1.165, 1.54) is 20.2 Å². The maximum Gasteiger partial charge on any atom is 0.302 e. The molecule has 1 aliphatic heterocycles. The Bertz CT molecular complexity index is 986. The molecule has 0 saturated carbocycles. The SMILES string of the molecule is COn1cc(-c2ccccc2)c(O)c(C2OC(C(C)CCOC(C)=O)C(C)CC2C)c1=O. The van der Waals surface area contributed by atoms with Crippen LogP contribution >= 0.6 is 0 Å². The highest BCUT2D eigenvalue weighted by Gasteiger charge is 2.40. The number of ether oxygens (including phenoxy) is 2. The van der Waals surface area contributed by atoms with Crippen molar-refractivity contribution in [3.63, 3.8) is 0 Å². The number of nitrogens with zero attached hydrogens (tertiary/aromatic N) is 1. The van der Waals surface area contributed by atoms with Gasteiger partial charge in [-0.2, -0.15) is 4.73 Å². The molecule has 32 heavy (non-hydrogen) atoms. The van der Waals surface area contributed by atoms with E-state index in [1.54, 1.807) is 0 Å². The Labute approximate surface area is 188 Å². The van der Waals surface area contributed by atoms with Crippen LogP contribution in [0.15, 0.2) is 41.3 Å². The molecule has 0 aliphatic carbocycles. The maximum absolute atomic E-state index is 13.2. The van der Waals surface area contributed by atoms with Gasteiger partial charge in [0.1, 0.15) is 12.9 Å². The summed E-state index contributed by atoms with van der Waals surface area (Å²) in [5.41, 5.74) is 1.07. The van der Waals surface area contributed by atoms with Crippen LogP contribution in [-0.4, -0.2) is 35.6 Å². The van der Waals surface area contributed by atoms with Gasteiger partial charge in [0.15, 0.2) is 0 Å². The maximum atomic E-state index is 13.2. The molecule has 1 fully saturated rings. The van der Waals surface area contributed by atoms with Crippen LogP contribution in [0.3, 0.4) is 0 Å². The van der Waals surface area contributed by atoms with E-state index in [0.717, 1.165) is 16.7 Å². The second-order valence-corrected chi connectivity index (χ2v) is 8.80. The molecule has 2 aromatic rings. The molecule has 7 nitrogen and oxygen atoms in total. The number of hydrogen-bond acceptors (Lipinski definition) is 6. The predicted molar refractivity (Wildman–Crippen MR) is 121 cm³/mol. The zero-order valence-electron chi connectivity index (χ0n) is 19.4. The highest BCUT2D eigenvalue weighted by molar-refractivity contribution is 5.71. The summed E-state index contributed by atoms with van der Waals surface area (Å²) in [5.74, 6) is 0.0225. The monoisotopic (exact) mass is 443 g/mol. The molecule has 0 bridgehead atoms. The van der Waals surface area contributed by atoms with E-state index in [2.05, 4.69) is 13.8 Å². The summed E-state index contributed by atoms with van der Waals surface area (Å²) in [5, 5.41) is 11.2. The van der Waals surface area contributed by atoms with Crippen LogP contribution in [0.5, 0.6) is 5.75 Å². The molecule has 5 unspecified atom stereocenters. The summed E-state index contributed by atoms with van der Waals surface area (Å²) in [4.78, 5) is 29.6. The number of benzene rings is 1. The smallest absolute Gasteiger partial charge is 0.302 e. The van der Waals surface area contributed by atoms with Crippen molar-refractivity contribution >= 4 is 5.97 Å². The van der Waals surface area contributed by atoms with E-state index in [0.29, 0.717) is 18.6 Å². The second kappa shape index (κ2) is 10.2. The van der Waals surface area contributed by atoms with Crippen molar-refractivity contribution in [2.24, 2.45) is 17.8 Å². The zero-order chi connectivity index (χ0) is 23.4. The van der Waals surface area contributed by atoms with E-state index in [-0.39, 0.29) is 41.1 Å². The molecule has 1 saturated heterocycles. The van der Waals surface area contributed by atoms with Gasteiger partial charge in [-0.25, -0.2) is 0 Å². The van der Waals surface area contributed by atoms with Crippen LogP contribution in [0.25, 0.3) is 11.1 Å². The average Bonchev–Trinajstić information content (AvgIpc) is 2.75. The van der Waals surface area contributed by atoms with E-state index < -0.39 is 11.7 Å². The van der Waals surface area contributed by atoms with Crippen molar-refractivity contribution in [1.29, 1.82) is 0 Å². The molecule has 3 rings (SSSR count). The summed E-state index contributed by atoms with van der Waals surface area (Å²) >= 11 is 0. The largest absolute Gasteiger partial charge is 0.507 e. The van der Waals surface area contributed by atoms with Crippen molar-refractivity contribution < 1.29 is 24.2 Å². The first-order valence-corrected chi connectivity index (χ1v) is 11.1. The quantitative estimate of drug-likeness (QED) is 0.652. The molecule has 7 heteroatoms. The van der Waals surface area contributed by atoms with Crippen molar-refractivity contribution in [2.45, 2.75) is 52.7 Å². The molecular formula is C25H33NO6. The summed E-state index contributed by atoms with van der Waals surface area (Å²) < 4.78 is 12.7. The lowest BCUT2D eigenvalue weighted by molar-refractivity contribution is -0.146. The van der Waals surface area contributed by atoms with Gasteiger partial charge in [0.05, 0.1) is 30.6 Å². The van der Waals surface area contributed by atoms with Gasteiger partial charge in [0.2, 0.25) is 0 Å². The van der Waals surface area contributed by atoms with E-state index in [9.17, 15) is 14.7 Å². The Hall–Kier alpha value is -2.80. The van der Waals surface area contributed by atoms with Crippen LogP contribution in [0.2, 0.25) is 0 Å². The van der Waals surface area contributed by atoms with Crippen LogP contribution < -0.4 is 10.4 Å². The second-order valence-electron chi connectivity index (χ2n) is 8.80. The van der Waals surface area contributed by atoms with Gasteiger partial charge >= 0.3 is 5.97 Å². The number of rotatable bonds is 7. The standard InChI is InChI=1S/C25H33NO6/c1-15(11-12-31-18(4)27)23-16(2)13-17(3)24(32-23)21-22(28)20(14-26(30-5)25(21)29)19-9-7-6-8-10-19/h6-10,14-17,23-24,28H,11-13H2,1-5H3. The van der Waals surface area contributed by atoms with Crippen molar-refractivity contribution in [2.75, 3.05) is 13.7 Å². The molecule has 1 N–H and O–H groups in total. The number of esters is 1. The van der Waals surface area contributed by atoms with Crippen LogP contribution in [0.4, 0.5) is 0 Å². The fraction of sp³-hybridized carbons (Fsp3) is 0.520. The third-order valence-electron chi connectivity index (χ3n) is 6.32. The number of pyridine rings is 1. The number of hydrogen-bond donors (Lipinski definition) is 1. The lowest BCUT2D eigenvalue weighted by Crippen LogP contribution is -2.41. The molecule has 0 radical (unpaired) electrons. The molecule has 1 aromatic carbocycles. The summed E-state index contributed by atoms with van der Waals surface area (Å²) in [6.45, 7) is 7.95. The number of carbonyl (C=O) groups is 1. The van der Waals surface area contributed by atoms with Gasteiger partial charge in [-0.15, -0.1) is 0 Å².